The zero-order valence-electron chi connectivity index (χ0n) is 9.06. The van der Waals surface area contributed by atoms with Crippen LogP contribution in [0.2, 0.25) is 0 Å². The van der Waals surface area contributed by atoms with Crippen LogP contribution < -0.4 is 10.6 Å². The number of nitrogens with zero attached hydrogens (tertiary/aromatic N) is 4. The van der Waals surface area contributed by atoms with Crippen LogP contribution in [0.25, 0.3) is 0 Å². The van der Waals surface area contributed by atoms with Gasteiger partial charge in [0.05, 0.1) is 0 Å². The fourth-order valence-corrected chi connectivity index (χ4v) is 1.78. The van der Waals surface area contributed by atoms with Crippen molar-refractivity contribution in [2.24, 2.45) is 0 Å². The molecule has 0 amide bonds. The Labute approximate surface area is 89.9 Å². The zero-order chi connectivity index (χ0) is 10.7. The summed E-state index contributed by atoms with van der Waals surface area (Å²) in [4.78, 5) is 4.60. The Bertz CT molecular complexity index is 310. The van der Waals surface area contributed by atoms with E-state index in [0.29, 0.717) is 5.82 Å². The second-order valence-electron chi connectivity index (χ2n) is 3.96. The van der Waals surface area contributed by atoms with E-state index in [4.69, 9.17) is 5.73 Å². The molecule has 82 valence electrons. The average molecular weight is 207 g/mol. The molecule has 2 rings (SSSR count). The van der Waals surface area contributed by atoms with E-state index in [0.717, 1.165) is 32.0 Å². The van der Waals surface area contributed by atoms with E-state index < -0.39 is 0 Å². The molecule has 0 radical (unpaired) electrons. The van der Waals surface area contributed by atoms with Crippen LogP contribution in [0.5, 0.6) is 0 Å². The first-order valence-electron chi connectivity index (χ1n) is 5.28. The summed E-state index contributed by atoms with van der Waals surface area (Å²) in [5, 5.41) is 7.98. The van der Waals surface area contributed by atoms with Crippen molar-refractivity contribution in [1.82, 2.24) is 15.1 Å². The molecule has 0 unspecified atom stereocenters. The highest BCUT2D eigenvalue weighted by Gasteiger charge is 2.13. The van der Waals surface area contributed by atoms with E-state index in [1.807, 2.05) is 6.07 Å². The molecule has 5 heteroatoms. The SMILES string of the molecule is CN1CCCN(c2ccc(N)nn2)CC1. The number of aromatic nitrogens is 2. The van der Waals surface area contributed by atoms with Gasteiger partial charge >= 0.3 is 0 Å². The quantitative estimate of drug-likeness (QED) is 0.713. The lowest BCUT2D eigenvalue weighted by Gasteiger charge is -2.20. The summed E-state index contributed by atoms with van der Waals surface area (Å²) in [7, 11) is 2.15. The van der Waals surface area contributed by atoms with Gasteiger partial charge in [0.15, 0.2) is 5.82 Å². The largest absolute Gasteiger partial charge is 0.382 e. The lowest BCUT2D eigenvalue weighted by molar-refractivity contribution is 0.360. The summed E-state index contributed by atoms with van der Waals surface area (Å²) >= 11 is 0. The van der Waals surface area contributed by atoms with Crippen LogP contribution in [0.4, 0.5) is 11.6 Å². The minimum absolute atomic E-state index is 0.477. The molecule has 1 saturated heterocycles. The zero-order valence-corrected chi connectivity index (χ0v) is 9.06. The highest BCUT2D eigenvalue weighted by Crippen LogP contribution is 2.12. The molecule has 0 aromatic carbocycles. The maximum absolute atomic E-state index is 5.51. The molecule has 0 saturated carbocycles. The minimum atomic E-state index is 0.477. The fraction of sp³-hybridized carbons (Fsp3) is 0.600. The van der Waals surface area contributed by atoms with Crippen LogP contribution in [0.3, 0.4) is 0 Å². The van der Waals surface area contributed by atoms with Crippen LogP contribution in [0, 0.1) is 0 Å². The smallest absolute Gasteiger partial charge is 0.151 e. The third-order valence-electron chi connectivity index (χ3n) is 2.71. The molecule has 0 bridgehead atoms. The van der Waals surface area contributed by atoms with E-state index >= 15 is 0 Å². The number of rotatable bonds is 1. The predicted molar refractivity (Wildman–Crippen MR) is 60.8 cm³/mol. The molecule has 1 fully saturated rings. The van der Waals surface area contributed by atoms with Gasteiger partial charge in [-0.25, -0.2) is 0 Å². The summed E-state index contributed by atoms with van der Waals surface area (Å²) in [6.45, 7) is 4.28. The molecule has 5 nitrogen and oxygen atoms in total. The van der Waals surface area contributed by atoms with Gasteiger partial charge in [0, 0.05) is 19.6 Å². The first kappa shape index (κ1) is 10.2. The van der Waals surface area contributed by atoms with Gasteiger partial charge in [-0.2, -0.15) is 0 Å². The standard InChI is InChI=1S/C10H17N5/c1-14-5-2-6-15(8-7-14)10-4-3-9(11)12-13-10/h3-4H,2,5-8H2,1H3,(H2,11,12). The molecule has 1 aromatic rings. The number of nitrogens with two attached hydrogens (primary N) is 1. The number of likely N-dealkylation sites (N-methyl/N-ethyl adjacent to an activating group) is 1. The van der Waals surface area contributed by atoms with Crippen molar-refractivity contribution in [3.63, 3.8) is 0 Å². The third-order valence-corrected chi connectivity index (χ3v) is 2.71. The Morgan fingerprint density at radius 3 is 2.73 bits per heavy atom. The topological polar surface area (TPSA) is 58.3 Å². The van der Waals surface area contributed by atoms with Gasteiger partial charge in [-0.1, -0.05) is 0 Å². The molecular formula is C10H17N5. The molecule has 1 aromatic heterocycles. The molecule has 15 heavy (non-hydrogen) atoms. The number of hydrogen-bond acceptors (Lipinski definition) is 5. The molecule has 1 aliphatic rings. The Hall–Kier alpha value is -1.36. The minimum Gasteiger partial charge on any atom is -0.382 e. The van der Waals surface area contributed by atoms with Crippen LogP contribution in [-0.4, -0.2) is 48.3 Å². The molecule has 1 aliphatic heterocycles. The van der Waals surface area contributed by atoms with Crippen molar-refractivity contribution in [2.75, 3.05) is 43.9 Å². The summed E-state index contributed by atoms with van der Waals surface area (Å²) < 4.78 is 0. The Kier molecular flexibility index (Phi) is 3.01. The lowest BCUT2D eigenvalue weighted by atomic mass is 10.4. The van der Waals surface area contributed by atoms with Crippen molar-refractivity contribution < 1.29 is 0 Å². The number of anilines is 2. The predicted octanol–water partition coefficient (Wildman–Crippen LogP) is 0.201. The molecule has 0 spiro atoms. The van der Waals surface area contributed by atoms with Gasteiger partial charge in [-0.3, -0.25) is 0 Å². The summed E-state index contributed by atoms with van der Waals surface area (Å²) in [6.07, 6.45) is 1.17. The first-order chi connectivity index (χ1) is 7.25. The normalized spacial score (nSPS) is 18.9. The van der Waals surface area contributed by atoms with Crippen molar-refractivity contribution in [1.29, 1.82) is 0 Å². The van der Waals surface area contributed by atoms with Crippen LogP contribution in [-0.2, 0) is 0 Å². The average Bonchev–Trinajstić information content (AvgIpc) is 2.44. The Morgan fingerprint density at radius 1 is 1.13 bits per heavy atom. The summed E-state index contributed by atoms with van der Waals surface area (Å²) in [6, 6.07) is 3.74. The van der Waals surface area contributed by atoms with Crippen molar-refractivity contribution in [3.05, 3.63) is 12.1 Å². The number of nitrogen functional groups attached to an aromatic ring is 1. The van der Waals surface area contributed by atoms with Gasteiger partial charge in [-0.15, -0.1) is 10.2 Å². The molecule has 0 atom stereocenters. The van der Waals surface area contributed by atoms with Gasteiger partial charge in [0.2, 0.25) is 0 Å². The third kappa shape index (κ3) is 2.56. The summed E-state index contributed by atoms with van der Waals surface area (Å²) in [5.41, 5.74) is 5.51. The van der Waals surface area contributed by atoms with Crippen LogP contribution >= 0.6 is 0 Å². The fourth-order valence-electron chi connectivity index (χ4n) is 1.78. The second kappa shape index (κ2) is 4.44. The van der Waals surface area contributed by atoms with Crippen molar-refractivity contribution in [2.45, 2.75) is 6.42 Å². The van der Waals surface area contributed by atoms with Gasteiger partial charge in [0.25, 0.3) is 0 Å². The lowest BCUT2D eigenvalue weighted by Crippen LogP contribution is -2.29. The molecular weight excluding hydrogens is 190 g/mol. The van der Waals surface area contributed by atoms with E-state index in [1.165, 1.54) is 6.42 Å². The second-order valence-corrected chi connectivity index (χ2v) is 3.96. The maximum Gasteiger partial charge on any atom is 0.151 e. The first-order valence-corrected chi connectivity index (χ1v) is 5.28. The highest BCUT2D eigenvalue weighted by atomic mass is 15.3. The van der Waals surface area contributed by atoms with Gasteiger partial charge in [-0.05, 0) is 32.1 Å². The van der Waals surface area contributed by atoms with Crippen LogP contribution in [0.1, 0.15) is 6.42 Å². The Morgan fingerprint density at radius 2 is 2.00 bits per heavy atom. The van der Waals surface area contributed by atoms with E-state index in [2.05, 4.69) is 27.0 Å². The maximum atomic E-state index is 5.51. The molecule has 0 aliphatic carbocycles. The Balaban J connectivity index is 2.06. The molecule has 2 heterocycles. The van der Waals surface area contributed by atoms with E-state index in [9.17, 15) is 0 Å². The molecule has 2 N–H and O–H groups in total. The number of hydrogen-bond donors (Lipinski definition) is 1. The van der Waals surface area contributed by atoms with Gasteiger partial charge < -0.3 is 15.5 Å². The summed E-state index contributed by atoms with van der Waals surface area (Å²) in [5.74, 6) is 1.41. The van der Waals surface area contributed by atoms with E-state index in [-0.39, 0.29) is 0 Å². The van der Waals surface area contributed by atoms with Gasteiger partial charge in [0.1, 0.15) is 5.82 Å². The van der Waals surface area contributed by atoms with E-state index in [1.54, 1.807) is 6.07 Å². The van der Waals surface area contributed by atoms with Crippen molar-refractivity contribution in [3.8, 4) is 0 Å². The highest BCUT2D eigenvalue weighted by molar-refractivity contribution is 5.41. The van der Waals surface area contributed by atoms with Crippen LogP contribution in [0.15, 0.2) is 12.1 Å². The van der Waals surface area contributed by atoms with Crippen molar-refractivity contribution >= 4 is 11.6 Å². The monoisotopic (exact) mass is 207 g/mol.